The topological polar surface area (TPSA) is 47.9 Å². The second-order valence-corrected chi connectivity index (χ2v) is 4.99. The molecule has 0 bridgehead atoms. The first-order chi connectivity index (χ1) is 8.74. The van der Waals surface area contributed by atoms with Gasteiger partial charge in [0, 0.05) is 7.11 Å². The fourth-order valence-corrected chi connectivity index (χ4v) is 2.53. The Balaban J connectivity index is 1.94. The van der Waals surface area contributed by atoms with Gasteiger partial charge in [0.2, 0.25) is 0 Å². The molecule has 1 unspecified atom stereocenters. The van der Waals surface area contributed by atoms with E-state index in [1.54, 1.807) is 7.11 Å². The molecule has 0 radical (unpaired) electrons. The molecular weight excluding hydrogens is 232 g/mol. The van der Waals surface area contributed by atoms with Crippen molar-refractivity contribution in [2.75, 3.05) is 26.9 Å². The summed E-state index contributed by atoms with van der Waals surface area (Å²) >= 11 is 0. The molecule has 1 aromatic rings. The Morgan fingerprint density at radius 1 is 1.28 bits per heavy atom. The standard InChI is InChI=1S/C14H18O4/c1-16-9-14(15,10-2-3-10)11-4-5-12-13(8-11)18-7-6-17-12/h4-5,8,10,15H,2-3,6-7,9H2,1H3. The van der Waals surface area contributed by atoms with E-state index in [9.17, 15) is 5.11 Å². The molecule has 0 amide bonds. The highest BCUT2D eigenvalue weighted by molar-refractivity contribution is 5.46. The van der Waals surface area contributed by atoms with Gasteiger partial charge in [-0.3, -0.25) is 0 Å². The molecular formula is C14H18O4. The van der Waals surface area contributed by atoms with Crippen LogP contribution in [0.5, 0.6) is 11.5 Å². The Labute approximate surface area is 106 Å². The van der Waals surface area contributed by atoms with Crippen molar-refractivity contribution < 1.29 is 19.3 Å². The Bertz CT molecular complexity index is 441. The van der Waals surface area contributed by atoms with Gasteiger partial charge in [0.15, 0.2) is 11.5 Å². The zero-order valence-electron chi connectivity index (χ0n) is 10.5. The van der Waals surface area contributed by atoms with Crippen molar-refractivity contribution in [1.82, 2.24) is 0 Å². The Hall–Kier alpha value is -1.26. The third-order valence-electron chi connectivity index (χ3n) is 3.66. The van der Waals surface area contributed by atoms with Crippen LogP contribution in [0.25, 0.3) is 0 Å². The monoisotopic (exact) mass is 250 g/mol. The van der Waals surface area contributed by atoms with Gasteiger partial charge < -0.3 is 19.3 Å². The number of ether oxygens (including phenoxy) is 3. The summed E-state index contributed by atoms with van der Waals surface area (Å²) in [5, 5.41) is 10.8. The number of rotatable bonds is 4. The number of fused-ring (bicyclic) bond motifs is 1. The average molecular weight is 250 g/mol. The van der Waals surface area contributed by atoms with Crippen LogP contribution >= 0.6 is 0 Å². The SMILES string of the molecule is COCC(O)(c1ccc2c(c1)OCCO2)C1CC1. The lowest BCUT2D eigenvalue weighted by molar-refractivity contribution is -0.0535. The molecule has 1 N–H and O–H groups in total. The minimum Gasteiger partial charge on any atom is -0.486 e. The lowest BCUT2D eigenvalue weighted by Crippen LogP contribution is -2.34. The Morgan fingerprint density at radius 2 is 2.00 bits per heavy atom. The number of methoxy groups -OCH3 is 1. The minimum absolute atomic E-state index is 0.292. The average Bonchev–Trinajstić information content (AvgIpc) is 3.23. The molecule has 18 heavy (non-hydrogen) atoms. The van der Waals surface area contributed by atoms with E-state index in [2.05, 4.69) is 0 Å². The van der Waals surface area contributed by atoms with E-state index in [-0.39, 0.29) is 0 Å². The van der Waals surface area contributed by atoms with Crippen molar-refractivity contribution in [3.8, 4) is 11.5 Å². The third-order valence-corrected chi connectivity index (χ3v) is 3.66. The molecule has 0 spiro atoms. The van der Waals surface area contributed by atoms with E-state index in [0.29, 0.717) is 31.5 Å². The summed E-state index contributed by atoms with van der Waals surface area (Å²) in [4.78, 5) is 0. The zero-order valence-corrected chi connectivity index (χ0v) is 10.5. The van der Waals surface area contributed by atoms with Crippen LogP contribution in [0.1, 0.15) is 18.4 Å². The van der Waals surface area contributed by atoms with Crippen LogP contribution in [0.3, 0.4) is 0 Å². The predicted molar refractivity (Wildman–Crippen MR) is 65.9 cm³/mol. The highest BCUT2D eigenvalue weighted by Gasteiger charge is 2.45. The van der Waals surface area contributed by atoms with Crippen LogP contribution in [0.4, 0.5) is 0 Å². The van der Waals surface area contributed by atoms with Crippen LogP contribution in [-0.4, -0.2) is 32.0 Å². The van der Waals surface area contributed by atoms with Crippen molar-refractivity contribution in [3.05, 3.63) is 23.8 Å². The van der Waals surface area contributed by atoms with E-state index in [0.717, 1.165) is 24.2 Å². The maximum atomic E-state index is 10.8. The van der Waals surface area contributed by atoms with Crippen molar-refractivity contribution in [3.63, 3.8) is 0 Å². The summed E-state index contributed by atoms with van der Waals surface area (Å²) < 4.78 is 16.2. The predicted octanol–water partition coefficient (Wildman–Crippen LogP) is 1.70. The third kappa shape index (κ3) is 1.95. The second kappa shape index (κ2) is 4.44. The van der Waals surface area contributed by atoms with Gasteiger partial charge in [-0.2, -0.15) is 0 Å². The van der Waals surface area contributed by atoms with Gasteiger partial charge in [0.05, 0.1) is 6.61 Å². The lowest BCUT2D eigenvalue weighted by Gasteiger charge is -2.29. The van der Waals surface area contributed by atoms with Gasteiger partial charge in [-0.1, -0.05) is 6.07 Å². The molecule has 1 fully saturated rings. The van der Waals surface area contributed by atoms with Crippen molar-refractivity contribution in [2.24, 2.45) is 5.92 Å². The van der Waals surface area contributed by atoms with Crippen LogP contribution in [-0.2, 0) is 10.3 Å². The molecule has 3 rings (SSSR count). The molecule has 4 heteroatoms. The van der Waals surface area contributed by atoms with Gasteiger partial charge in [0.25, 0.3) is 0 Å². The fourth-order valence-electron chi connectivity index (χ4n) is 2.53. The van der Waals surface area contributed by atoms with Crippen molar-refractivity contribution >= 4 is 0 Å². The lowest BCUT2D eigenvalue weighted by atomic mass is 9.89. The van der Waals surface area contributed by atoms with Gasteiger partial charge in [-0.15, -0.1) is 0 Å². The summed E-state index contributed by atoms with van der Waals surface area (Å²) in [6.45, 7) is 1.46. The molecule has 0 saturated heterocycles. The summed E-state index contributed by atoms with van der Waals surface area (Å²) in [6.07, 6.45) is 2.10. The van der Waals surface area contributed by atoms with Gasteiger partial charge in [0.1, 0.15) is 18.8 Å². The second-order valence-electron chi connectivity index (χ2n) is 4.99. The van der Waals surface area contributed by atoms with Crippen LogP contribution in [0.15, 0.2) is 18.2 Å². The zero-order chi connectivity index (χ0) is 12.6. The van der Waals surface area contributed by atoms with Crippen LogP contribution < -0.4 is 9.47 Å². The largest absolute Gasteiger partial charge is 0.486 e. The smallest absolute Gasteiger partial charge is 0.161 e. The summed E-state index contributed by atoms with van der Waals surface area (Å²) in [6, 6.07) is 5.66. The molecule has 4 nitrogen and oxygen atoms in total. The number of aliphatic hydroxyl groups is 1. The van der Waals surface area contributed by atoms with Crippen molar-refractivity contribution in [2.45, 2.75) is 18.4 Å². The molecule has 1 aliphatic heterocycles. The first-order valence-electron chi connectivity index (χ1n) is 6.35. The Morgan fingerprint density at radius 3 is 2.67 bits per heavy atom. The minimum atomic E-state index is -0.898. The summed E-state index contributed by atoms with van der Waals surface area (Å²) in [5.74, 6) is 1.76. The van der Waals surface area contributed by atoms with E-state index in [4.69, 9.17) is 14.2 Å². The molecule has 1 aliphatic carbocycles. The molecule has 1 saturated carbocycles. The summed E-state index contributed by atoms with van der Waals surface area (Å²) in [5.41, 5.74) is -0.0407. The number of hydrogen-bond acceptors (Lipinski definition) is 4. The quantitative estimate of drug-likeness (QED) is 0.883. The molecule has 1 heterocycles. The molecule has 0 aromatic heterocycles. The van der Waals surface area contributed by atoms with Gasteiger partial charge >= 0.3 is 0 Å². The van der Waals surface area contributed by atoms with Gasteiger partial charge in [-0.25, -0.2) is 0 Å². The maximum Gasteiger partial charge on any atom is 0.161 e. The fraction of sp³-hybridized carbons (Fsp3) is 0.571. The van der Waals surface area contributed by atoms with E-state index < -0.39 is 5.60 Å². The molecule has 2 aliphatic rings. The van der Waals surface area contributed by atoms with Gasteiger partial charge in [-0.05, 0) is 36.5 Å². The highest BCUT2D eigenvalue weighted by Crippen LogP contribution is 2.47. The highest BCUT2D eigenvalue weighted by atomic mass is 16.6. The molecule has 98 valence electrons. The van der Waals surface area contributed by atoms with Crippen molar-refractivity contribution in [1.29, 1.82) is 0 Å². The van der Waals surface area contributed by atoms with E-state index in [1.807, 2.05) is 18.2 Å². The maximum absolute atomic E-state index is 10.8. The summed E-state index contributed by atoms with van der Waals surface area (Å²) in [7, 11) is 1.62. The van der Waals surface area contributed by atoms with E-state index >= 15 is 0 Å². The number of hydrogen-bond donors (Lipinski definition) is 1. The van der Waals surface area contributed by atoms with Crippen LogP contribution in [0, 0.1) is 5.92 Å². The first kappa shape index (κ1) is 11.8. The first-order valence-corrected chi connectivity index (χ1v) is 6.35. The number of benzene rings is 1. The molecule has 1 atom stereocenters. The van der Waals surface area contributed by atoms with Crippen LogP contribution in [0.2, 0.25) is 0 Å². The Kier molecular flexibility index (Phi) is 2.92. The normalized spacial score (nSPS) is 21.4. The van der Waals surface area contributed by atoms with E-state index in [1.165, 1.54) is 0 Å². The molecule has 1 aromatic carbocycles.